The second kappa shape index (κ2) is 5.98. The smallest absolute Gasteiger partial charge is 0.307 e. The van der Waals surface area contributed by atoms with E-state index in [9.17, 15) is 18.3 Å². The number of halogens is 1. The monoisotopic (exact) mass is 372 g/mol. The molecule has 1 aliphatic rings. The van der Waals surface area contributed by atoms with E-state index in [1.165, 1.54) is 21.2 Å². The molecule has 2 atom stereocenters. The average Bonchev–Trinajstić information content (AvgIpc) is 2.81. The van der Waals surface area contributed by atoms with Gasteiger partial charge in [-0.3, -0.25) is 4.79 Å². The molecule has 1 N–H and O–H groups in total. The van der Waals surface area contributed by atoms with Crippen molar-refractivity contribution < 1.29 is 18.3 Å². The highest BCUT2D eigenvalue weighted by molar-refractivity contribution is 7.89. The predicted octanol–water partition coefficient (Wildman–Crippen LogP) is 1.56. The first kappa shape index (κ1) is 17.1. The zero-order valence-electron chi connectivity index (χ0n) is 13.2. The van der Waals surface area contributed by atoms with Crippen LogP contribution in [-0.4, -0.2) is 51.0 Å². The van der Waals surface area contributed by atoms with Gasteiger partial charge in [0.25, 0.3) is 0 Å². The van der Waals surface area contributed by atoms with Crippen LogP contribution in [0.4, 0.5) is 0 Å². The van der Waals surface area contributed by atoms with Crippen LogP contribution in [0.25, 0.3) is 5.65 Å². The molecule has 0 spiro atoms. The number of fused-ring (bicyclic) bond motifs is 1. The Kier molecular flexibility index (Phi) is 4.27. The molecule has 2 aromatic rings. The zero-order chi connectivity index (χ0) is 17.6. The van der Waals surface area contributed by atoms with Gasteiger partial charge in [-0.05, 0) is 26.7 Å². The molecular formula is C14H17ClN4O4S. The molecule has 2 aromatic heterocycles. The van der Waals surface area contributed by atoms with E-state index in [-0.39, 0.29) is 17.5 Å². The predicted molar refractivity (Wildman–Crippen MR) is 86.4 cm³/mol. The van der Waals surface area contributed by atoms with Crippen molar-refractivity contribution in [2.24, 2.45) is 5.92 Å². The summed E-state index contributed by atoms with van der Waals surface area (Å²) in [5, 5.41) is 13.7. The highest BCUT2D eigenvalue weighted by atomic mass is 35.5. The van der Waals surface area contributed by atoms with E-state index in [0.717, 1.165) is 0 Å². The summed E-state index contributed by atoms with van der Waals surface area (Å²) in [5.41, 5.74) is 0.930. The normalized spacial score (nSPS) is 22.8. The average molecular weight is 373 g/mol. The second-order valence-corrected chi connectivity index (χ2v) is 8.26. The van der Waals surface area contributed by atoms with Crippen molar-refractivity contribution in [1.29, 1.82) is 0 Å². The molecule has 0 bridgehead atoms. The van der Waals surface area contributed by atoms with E-state index in [1.54, 1.807) is 13.8 Å². The minimum atomic E-state index is -3.87. The van der Waals surface area contributed by atoms with Crippen LogP contribution in [0, 0.1) is 12.8 Å². The second-order valence-electron chi connectivity index (χ2n) is 5.99. The van der Waals surface area contributed by atoms with Crippen LogP contribution in [0.5, 0.6) is 0 Å². The number of hydrogen-bond donors (Lipinski definition) is 1. The molecule has 8 nitrogen and oxygen atoms in total. The van der Waals surface area contributed by atoms with E-state index in [4.69, 9.17) is 11.6 Å². The zero-order valence-corrected chi connectivity index (χ0v) is 14.8. The van der Waals surface area contributed by atoms with Crippen LogP contribution in [0.15, 0.2) is 17.3 Å². The van der Waals surface area contributed by atoms with Gasteiger partial charge in [0.05, 0.1) is 24.0 Å². The summed E-state index contributed by atoms with van der Waals surface area (Å²) >= 11 is 6.06. The van der Waals surface area contributed by atoms with Crippen LogP contribution >= 0.6 is 11.6 Å². The molecule has 1 saturated heterocycles. The third-order valence-corrected chi connectivity index (χ3v) is 6.71. The maximum atomic E-state index is 12.9. The standard InChI is InChI=1S/C14H17ClN4O4S/c1-8-3-4-10(14(20)21)6-19(8)24(22,23)11-5-16-13-12(15)9(2)17-18(13)7-11/h5,7-8,10H,3-4,6H2,1-2H3,(H,20,21). The van der Waals surface area contributed by atoms with Gasteiger partial charge in [0.15, 0.2) is 5.65 Å². The number of aliphatic carboxylic acids is 1. The fourth-order valence-electron chi connectivity index (χ4n) is 2.88. The van der Waals surface area contributed by atoms with Gasteiger partial charge in [-0.2, -0.15) is 9.40 Å². The number of sulfonamides is 1. The van der Waals surface area contributed by atoms with Crippen LogP contribution in [0.1, 0.15) is 25.5 Å². The van der Waals surface area contributed by atoms with Crippen molar-refractivity contribution >= 4 is 33.2 Å². The molecule has 0 amide bonds. The lowest BCUT2D eigenvalue weighted by atomic mass is 9.96. The van der Waals surface area contributed by atoms with Crippen molar-refractivity contribution in [2.75, 3.05) is 6.54 Å². The fraction of sp³-hybridized carbons (Fsp3) is 0.500. The summed E-state index contributed by atoms with van der Waals surface area (Å²) in [6.45, 7) is 3.43. The lowest BCUT2D eigenvalue weighted by molar-refractivity contribution is -0.143. The summed E-state index contributed by atoms with van der Waals surface area (Å²) in [6, 6.07) is -0.274. The quantitative estimate of drug-likeness (QED) is 0.876. The van der Waals surface area contributed by atoms with Gasteiger partial charge >= 0.3 is 5.97 Å². The van der Waals surface area contributed by atoms with Crippen molar-refractivity contribution in [2.45, 2.75) is 37.6 Å². The van der Waals surface area contributed by atoms with E-state index in [0.29, 0.717) is 29.2 Å². The Morgan fingerprint density at radius 1 is 1.42 bits per heavy atom. The van der Waals surface area contributed by atoms with Gasteiger partial charge in [-0.25, -0.2) is 17.9 Å². The largest absolute Gasteiger partial charge is 0.481 e. The molecule has 2 unspecified atom stereocenters. The summed E-state index contributed by atoms with van der Waals surface area (Å²) in [7, 11) is -3.87. The molecule has 0 saturated carbocycles. The minimum absolute atomic E-state index is 0.0351. The highest BCUT2D eigenvalue weighted by Gasteiger charge is 2.37. The molecule has 3 rings (SSSR count). The number of carboxylic acids is 1. The molecule has 1 aliphatic heterocycles. The molecule has 24 heavy (non-hydrogen) atoms. The molecule has 0 aromatic carbocycles. The van der Waals surface area contributed by atoms with Crippen LogP contribution < -0.4 is 0 Å². The maximum absolute atomic E-state index is 12.9. The van der Waals surface area contributed by atoms with Gasteiger partial charge < -0.3 is 5.11 Å². The minimum Gasteiger partial charge on any atom is -0.481 e. The third-order valence-electron chi connectivity index (χ3n) is 4.33. The van der Waals surface area contributed by atoms with Crippen molar-refractivity contribution in [3.63, 3.8) is 0 Å². The van der Waals surface area contributed by atoms with Crippen LogP contribution in [0.3, 0.4) is 0 Å². The molecule has 0 radical (unpaired) electrons. The number of carboxylic acid groups (broad SMARTS) is 1. The summed E-state index contributed by atoms with van der Waals surface area (Å²) in [5.74, 6) is -1.68. The molecule has 1 fully saturated rings. The summed E-state index contributed by atoms with van der Waals surface area (Å²) in [6.07, 6.45) is 3.55. The first-order chi connectivity index (χ1) is 11.2. The lowest BCUT2D eigenvalue weighted by Crippen LogP contribution is -2.47. The Bertz CT molecular complexity index is 911. The van der Waals surface area contributed by atoms with E-state index < -0.39 is 21.9 Å². The molecule has 0 aliphatic carbocycles. The molecule has 3 heterocycles. The van der Waals surface area contributed by atoms with E-state index in [1.807, 2.05) is 0 Å². The number of aromatic nitrogens is 3. The van der Waals surface area contributed by atoms with Crippen LogP contribution in [-0.2, 0) is 14.8 Å². The van der Waals surface area contributed by atoms with Crippen LogP contribution in [0.2, 0.25) is 5.02 Å². The van der Waals surface area contributed by atoms with E-state index in [2.05, 4.69) is 10.1 Å². The Labute approximate surface area is 144 Å². The van der Waals surface area contributed by atoms with E-state index >= 15 is 0 Å². The first-order valence-corrected chi connectivity index (χ1v) is 9.28. The van der Waals surface area contributed by atoms with Crippen molar-refractivity contribution in [3.05, 3.63) is 23.1 Å². The SMILES string of the molecule is Cc1nn2cc(S(=O)(=O)N3CC(C(=O)O)CCC3C)cnc2c1Cl. The fourth-order valence-corrected chi connectivity index (χ4v) is 4.70. The Balaban J connectivity index is 2.01. The number of rotatable bonds is 3. The molecule has 130 valence electrons. The summed E-state index contributed by atoms with van der Waals surface area (Å²) < 4.78 is 28.4. The summed E-state index contributed by atoms with van der Waals surface area (Å²) in [4.78, 5) is 15.3. The number of carbonyl (C=O) groups is 1. The van der Waals surface area contributed by atoms with Gasteiger partial charge in [-0.15, -0.1) is 0 Å². The first-order valence-electron chi connectivity index (χ1n) is 7.47. The number of hydrogen-bond acceptors (Lipinski definition) is 5. The number of aryl methyl sites for hydroxylation is 1. The molecular weight excluding hydrogens is 356 g/mol. The number of nitrogens with zero attached hydrogens (tertiary/aromatic N) is 4. The molecule has 10 heteroatoms. The Hall–Kier alpha value is -1.71. The van der Waals surface area contributed by atoms with Gasteiger partial charge in [0.2, 0.25) is 10.0 Å². The van der Waals surface area contributed by atoms with Gasteiger partial charge in [-0.1, -0.05) is 11.6 Å². The maximum Gasteiger partial charge on any atom is 0.307 e. The van der Waals surface area contributed by atoms with Crippen molar-refractivity contribution in [3.8, 4) is 0 Å². The number of piperidine rings is 1. The topological polar surface area (TPSA) is 105 Å². The van der Waals surface area contributed by atoms with Crippen molar-refractivity contribution in [1.82, 2.24) is 18.9 Å². The Morgan fingerprint density at radius 3 is 2.79 bits per heavy atom. The highest BCUT2D eigenvalue weighted by Crippen LogP contribution is 2.29. The van der Waals surface area contributed by atoms with Gasteiger partial charge in [0.1, 0.15) is 9.92 Å². The lowest BCUT2D eigenvalue weighted by Gasteiger charge is -2.35. The van der Waals surface area contributed by atoms with Gasteiger partial charge in [0, 0.05) is 12.6 Å². The third kappa shape index (κ3) is 2.76. The Morgan fingerprint density at radius 2 is 2.12 bits per heavy atom.